The molecule has 0 radical (unpaired) electrons. The molecule has 0 amide bonds. The molecule has 120 valence electrons. The summed E-state index contributed by atoms with van der Waals surface area (Å²) in [7, 11) is 1.70. The predicted octanol–water partition coefficient (Wildman–Crippen LogP) is 3.60. The second-order valence-corrected chi connectivity index (χ2v) is 5.81. The molecule has 0 bridgehead atoms. The van der Waals surface area contributed by atoms with Gasteiger partial charge in [0.25, 0.3) is 0 Å². The third kappa shape index (κ3) is 2.53. The van der Waals surface area contributed by atoms with E-state index in [4.69, 9.17) is 14.7 Å². The van der Waals surface area contributed by atoms with Gasteiger partial charge in [0.05, 0.1) is 17.6 Å². The van der Waals surface area contributed by atoms with Gasteiger partial charge in [0.1, 0.15) is 5.82 Å². The van der Waals surface area contributed by atoms with Gasteiger partial charge in [-0.3, -0.25) is 0 Å². The fraction of sp³-hybridized carbons (Fsp3) is 0.211. The molecule has 0 saturated heterocycles. The second-order valence-electron chi connectivity index (χ2n) is 5.81. The van der Waals surface area contributed by atoms with Crippen LogP contribution in [0.2, 0.25) is 0 Å². The van der Waals surface area contributed by atoms with Crippen molar-refractivity contribution in [3.63, 3.8) is 0 Å². The second kappa shape index (κ2) is 6.02. The van der Waals surface area contributed by atoms with Crippen molar-refractivity contribution < 1.29 is 4.74 Å². The summed E-state index contributed by atoms with van der Waals surface area (Å²) in [6, 6.07) is 16.2. The molecule has 0 fully saturated rings. The monoisotopic (exact) mass is 318 g/mol. The zero-order chi connectivity index (χ0) is 16.5. The van der Waals surface area contributed by atoms with E-state index in [1.165, 1.54) is 5.56 Å². The van der Waals surface area contributed by atoms with Crippen LogP contribution >= 0.6 is 0 Å². The maximum atomic E-state index is 5.27. The molecule has 0 aliphatic rings. The van der Waals surface area contributed by atoms with Gasteiger partial charge < -0.3 is 9.30 Å². The molecule has 0 aliphatic carbocycles. The van der Waals surface area contributed by atoms with Crippen LogP contribution in [0.25, 0.3) is 33.7 Å². The Morgan fingerprint density at radius 1 is 0.958 bits per heavy atom. The lowest BCUT2D eigenvalue weighted by Gasteiger charge is -2.08. The number of aromatic nitrogens is 4. The van der Waals surface area contributed by atoms with Gasteiger partial charge in [-0.1, -0.05) is 35.9 Å². The van der Waals surface area contributed by atoms with E-state index in [2.05, 4.69) is 34.7 Å². The fourth-order valence-electron chi connectivity index (χ4n) is 2.90. The zero-order valence-corrected chi connectivity index (χ0v) is 13.7. The molecule has 0 aliphatic heterocycles. The topological polar surface area (TPSA) is 52.8 Å². The lowest BCUT2D eigenvalue weighted by Crippen LogP contribution is -2.07. The Morgan fingerprint density at radius 2 is 1.75 bits per heavy atom. The Morgan fingerprint density at radius 3 is 2.50 bits per heavy atom. The van der Waals surface area contributed by atoms with Crippen molar-refractivity contribution in [1.82, 2.24) is 19.5 Å². The van der Waals surface area contributed by atoms with Gasteiger partial charge >= 0.3 is 0 Å². The molecule has 2 heterocycles. The Labute approximate surface area is 140 Å². The highest BCUT2D eigenvalue weighted by atomic mass is 16.5. The molecule has 0 atom stereocenters. The Balaban J connectivity index is 1.98. The van der Waals surface area contributed by atoms with Gasteiger partial charge in [0, 0.05) is 19.2 Å². The number of para-hydroxylation sites is 2. The highest BCUT2D eigenvalue weighted by Crippen LogP contribution is 2.25. The smallest absolute Gasteiger partial charge is 0.198 e. The van der Waals surface area contributed by atoms with Crippen molar-refractivity contribution >= 4 is 22.3 Å². The quantitative estimate of drug-likeness (QED) is 0.577. The van der Waals surface area contributed by atoms with E-state index < -0.39 is 0 Å². The Kier molecular flexibility index (Phi) is 3.70. The first-order chi connectivity index (χ1) is 11.8. The summed E-state index contributed by atoms with van der Waals surface area (Å²) < 4.78 is 7.36. The standard InChI is InChI=1S/C19H18N4O/c1-13-6-5-7-14(12-13)18-22-17-19(23(18)10-11-24-2)21-16-9-4-3-8-15(16)20-17/h3-9,12H,10-11H2,1-2H3. The van der Waals surface area contributed by atoms with Gasteiger partial charge in [0.2, 0.25) is 0 Å². The van der Waals surface area contributed by atoms with Crippen LogP contribution in [0.4, 0.5) is 0 Å². The number of methoxy groups -OCH3 is 1. The number of ether oxygens (including phenoxy) is 1. The van der Waals surface area contributed by atoms with Crippen molar-refractivity contribution in [3.05, 3.63) is 54.1 Å². The van der Waals surface area contributed by atoms with Gasteiger partial charge in [-0.15, -0.1) is 0 Å². The molecule has 5 nitrogen and oxygen atoms in total. The molecule has 2 aromatic heterocycles. The van der Waals surface area contributed by atoms with Crippen LogP contribution in [-0.4, -0.2) is 33.2 Å². The van der Waals surface area contributed by atoms with E-state index >= 15 is 0 Å². The first-order valence-corrected chi connectivity index (χ1v) is 7.95. The molecular formula is C19H18N4O. The molecule has 2 aromatic carbocycles. The molecule has 0 saturated carbocycles. The van der Waals surface area contributed by atoms with E-state index in [0.717, 1.165) is 28.1 Å². The van der Waals surface area contributed by atoms with Crippen LogP contribution in [0.5, 0.6) is 0 Å². The lowest BCUT2D eigenvalue weighted by molar-refractivity contribution is 0.188. The maximum Gasteiger partial charge on any atom is 0.198 e. The minimum Gasteiger partial charge on any atom is -0.383 e. The summed E-state index contributed by atoms with van der Waals surface area (Å²) in [5, 5.41) is 0. The van der Waals surface area contributed by atoms with Crippen molar-refractivity contribution in [2.24, 2.45) is 0 Å². The van der Waals surface area contributed by atoms with Crippen LogP contribution in [0.1, 0.15) is 5.56 Å². The largest absolute Gasteiger partial charge is 0.383 e. The highest BCUT2D eigenvalue weighted by Gasteiger charge is 2.15. The van der Waals surface area contributed by atoms with E-state index in [0.29, 0.717) is 18.8 Å². The van der Waals surface area contributed by atoms with Crippen molar-refractivity contribution in [2.75, 3.05) is 13.7 Å². The third-order valence-electron chi connectivity index (χ3n) is 4.05. The van der Waals surface area contributed by atoms with Gasteiger partial charge in [0.15, 0.2) is 11.3 Å². The van der Waals surface area contributed by atoms with Crippen LogP contribution in [0.3, 0.4) is 0 Å². The van der Waals surface area contributed by atoms with E-state index in [1.54, 1.807) is 7.11 Å². The number of hydrogen-bond acceptors (Lipinski definition) is 4. The van der Waals surface area contributed by atoms with E-state index in [1.807, 2.05) is 30.3 Å². The molecule has 0 unspecified atom stereocenters. The highest BCUT2D eigenvalue weighted by molar-refractivity contribution is 5.84. The van der Waals surface area contributed by atoms with E-state index in [9.17, 15) is 0 Å². The fourth-order valence-corrected chi connectivity index (χ4v) is 2.90. The third-order valence-corrected chi connectivity index (χ3v) is 4.05. The summed E-state index contributed by atoms with van der Waals surface area (Å²) in [6.07, 6.45) is 0. The lowest BCUT2D eigenvalue weighted by atomic mass is 10.1. The van der Waals surface area contributed by atoms with Gasteiger partial charge in [-0.25, -0.2) is 15.0 Å². The summed E-state index contributed by atoms with van der Waals surface area (Å²) >= 11 is 0. The maximum absolute atomic E-state index is 5.27. The summed E-state index contributed by atoms with van der Waals surface area (Å²) in [5.41, 5.74) is 5.46. The number of imidazole rings is 1. The predicted molar refractivity (Wildman–Crippen MR) is 94.9 cm³/mol. The number of hydrogen-bond donors (Lipinski definition) is 0. The number of benzene rings is 2. The molecule has 0 N–H and O–H groups in total. The molecule has 4 rings (SSSR count). The van der Waals surface area contributed by atoms with Crippen molar-refractivity contribution in [3.8, 4) is 11.4 Å². The first-order valence-electron chi connectivity index (χ1n) is 7.95. The summed E-state index contributed by atoms with van der Waals surface area (Å²) in [6.45, 7) is 3.36. The minimum absolute atomic E-state index is 0.596. The van der Waals surface area contributed by atoms with Crippen LogP contribution < -0.4 is 0 Å². The van der Waals surface area contributed by atoms with Crippen LogP contribution in [0, 0.1) is 6.92 Å². The number of fused-ring (bicyclic) bond motifs is 2. The number of nitrogens with zero attached hydrogens (tertiary/aromatic N) is 4. The Hall–Kier alpha value is -2.79. The average molecular weight is 318 g/mol. The number of aryl methyl sites for hydroxylation is 1. The SMILES string of the molecule is COCCn1c(-c2cccc(C)c2)nc2nc3ccccc3nc21. The van der Waals surface area contributed by atoms with Crippen LogP contribution in [0.15, 0.2) is 48.5 Å². The van der Waals surface area contributed by atoms with E-state index in [-0.39, 0.29) is 0 Å². The normalized spacial score (nSPS) is 11.4. The zero-order valence-electron chi connectivity index (χ0n) is 13.7. The van der Waals surface area contributed by atoms with Gasteiger partial charge in [-0.05, 0) is 25.1 Å². The summed E-state index contributed by atoms with van der Waals surface area (Å²) in [5.74, 6) is 0.876. The molecule has 5 heteroatoms. The molecule has 24 heavy (non-hydrogen) atoms. The number of rotatable bonds is 4. The molecular weight excluding hydrogens is 300 g/mol. The minimum atomic E-state index is 0.596. The average Bonchev–Trinajstić information content (AvgIpc) is 2.95. The molecule has 4 aromatic rings. The van der Waals surface area contributed by atoms with Crippen molar-refractivity contribution in [1.29, 1.82) is 0 Å². The summed E-state index contributed by atoms with van der Waals surface area (Å²) in [4.78, 5) is 14.2. The van der Waals surface area contributed by atoms with Crippen molar-refractivity contribution in [2.45, 2.75) is 13.5 Å². The van der Waals surface area contributed by atoms with Crippen LogP contribution in [-0.2, 0) is 11.3 Å². The Bertz CT molecular complexity index is 1020. The first kappa shape index (κ1) is 14.8. The molecule has 0 spiro atoms. The van der Waals surface area contributed by atoms with Gasteiger partial charge in [-0.2, -0.15) is 0 Å².